The van der Waals surface area contributed by atoms with Gasteiger partial charge in [0.2, 0.25) is 0 Å². The lowest BCUT2D eigenvalue weighted by atomic mass is 9.96. The van der Waals surface area contributed by atoms with Gasteiger partial charge in [-0.25, -0.2) is 0 Å². The first kappa shape index (κ1) is 11.9. The molecule has 1 N–H and O–H groups in total. The van der Waals surface area contributed by atoms with Crippen LogP contribution < -0.4 is 5.01 Å². The van der Waals surface area contributed by atoms with Gasteiger partial charge in [-0.3, -0.25) is 9.80 Å². The molecular formula is C14H12N2O2S. The van der Waals surface area contributed by atoms with E-state index in [0.717, 1.165) is 11.3 Å². The molecule has 2 unspecified atom stereocenters. The molecule has 4 nitrogen and oxygen atoms in total. The van der Waals surface area contributed by atoms with E-state index >= 15 is 0 Å². The molecule has 0 radical (unpaired) electrons. The van der Waals surface area contributed by atoms with Crippen LogP contribution in [0.3, 0.4) is 0 Å². The van der Waals surface area contributed by atoms with E-state index in [2.05, 4.69) is 5.10 Å². The summed E-state index contributed by atoms with van der Waals surface area (Å²) in [7, 11) is 0. The summed E-state index contributed by atoms with van der Waals surface area (Å²) >= 11 is 1.56. The van der Waals surface area contributed by atoms with Crippen molar-refractivity contribution in [1.29, 1.82) is 0 Å². The van der Waals surface area contributed by atoms with Crippen molar-refractivity contribution in [3.63, 3.8) is 0 Å². The smallest absolute Gasteiger partial charge is 0.314 e. The Kier molecular flexibility index (Phi) is 3.05. The van der Waals surface area contributed by atoms with Gasteiger partial charge in [0, 0.05) is 6.21 Å². The van der Waals surface area contributed by atoms with Crippen molar-refractivity contribution in [1.82, 2.24) is 0 Å². The maximum absolute atomic E-state index is 11.4. The topological polar surface area (TPSA) is 52.9 Å². The molecule has 0 bridgehead atoms. The Labute approximate surface area is 114 Å². The summed E-state index contributed by atoms with van der Waals surface area (Å²) in [6, 6.07) is 11.3. The zero-order valence-corrected chi connectivity index (χ0v) is 10.8. The maximum atomic E-state index is 11.4. The van der Waals surface area contributed by atoms with Crippen LogP contribution in [0, 0.1) is 5.92 Å². The fraction of sp³-hybridized carbons (Fsp3) is 0.143. The predicted molar refractivity (Wildman–Crippen MR) is 75.6 cm³/mol. The first-order valence-corrected chi connectivity index (χ1v) is 6.85. The second-order valence-electron chi connectivity index (χ2n) is 4.31. The number of carboxylic acid groups (broad SMARTS) is 1. The highest BCUT2D eigenvalue weighted by atomic mass is 32.1. The van der Waals surface area contributed by atoms with Gasteiger partial charge in [-0.15, -0.1) is 0 Å². The average Bonchev–Trinajstić information content (AvgIpc) is 3.08. The lowest BCUT2D eigenvalue weighted by Crippen LogP contribution is -2.28. The number of aliphatic carboxylic acids is 1. The van der Waals surface area contributed by atoms with Crippen LogP contribution >= 0.6 is 11.3 Å². The minimum atomic E-state index is -0.849. The molecule has 96 valence electrons. The molecule has 0 aliphatic carbocycles. The minimum Gasteiger partial charge on any atom is -0.481 e. The number of carbonyl (C=O) groups is 1. The van der Waals surface area contributed by atoms with Crippen LogP contribution in [-0.2, 0) is 4.79 Å². The number of para-hydroxylation sites is 1. The van der Waals surface area contributed by atoms with Crippen molar-refractivity contribution in [2.24, 2.45) is 11.0 Å². The van der Waals surface area contributed by atoms with E-state index in [1.807, 2.05) is 47.2 Å². The molecule has 3 rings (SSSR count). The highest BCUT2D eigenvalue weighted by Crippen LogP contribution is 2.37. The molecule has 1 aromatic carbocycles. The van der Waals surface area contributed by atoms with Crippen LogP contribution in [-0.4, -0.2) is 17.3 Å². The van der Waals surface area contributed by atoms with Gasteiger partial charge in [0.05, 0.1) is 11.7 Å². The Balaban J connectivity index is 2.01. The van der Waals surface area contributed by atoms with Gasteiger partial charge in [-0.2, -0.15) is 16.4 Å². The summed E-state index contributed by atoms with van der Waals surface area (Å²) in [4.78, 5) is 11.4. The van der Waals surface area contributed by atoms with E-state index in [4.69, 9.17) is 0 Å². The Morgan fingerprint density at radius 1 is 1.26 bits per heavy atom. The molecule has 0 saturated heterocycles. The van der Waals surface area contributed by atoms with Crippen LogP contribution in [0.1, 0.15) is 11.6 Å². The Bertz CT molecular complexity index is 595. The number of hydrogen-bond acceptors (Lipinski definition) is 4. The number of thiophene rings is 1. The molecule has 0 saturated carbocycles. The van der Waals surface area contributed by atoms with Crippen molar-refractivity contribution >= 4 is 29.2 Å². The summed E-state index contributed by atoms with van der Waals surface area (Å²) in [5, 5.41) is 19.3. The van der Waals surface area contributed by atoms with Crippen molar-refractivity contribution in [2.45, 2.75) is 6.04 Å². The van der Waals surface area contributed by atoms with Crippen molar-refractivity contribution in [2.75, 3.05) is 5.01 Å². The zero-order chi connectivity index (χ0) is 13.2. The zero-order valence-electron chi connectivity index (χ0n) is 10.0. The number of rotatable bonds is 3. The molecule has 0 amide bonds. The second-order valence-corrected chi connectivity index (χ2v) is 5.09. The van der Waals surface area contributed by atoms with Gasteiger partial charge >= 0.3 is 5.97 Å². The largest absolute Gasteiger partial charge is 0.481 e. The Morgan fingerprint density at radius 3 is 2.68 bits per heavy atom. The summed E-state index contributed by atoms with van der Waals surface area (Å²) in [6.07, 6.45) is 1.51. The number of anilines is 1. The number of carboxylic acids is 1. The van der Waals surface area contributed by atoms with Gasteiger partial charge in [-0.05, 0) is 34.5 Å². The van der Waals surface area contributed by atoms with E-state index in [-0.39, 0.29) is 6.04 Å². The normalized spacial score (nSPS) is 21.8. The molecule has 2 atom stereocenters. The van der Waals surface area contributed by atoms with Crippen LogP contribution in [0.2, 0.25) is 0 Å². The fourth-order valence-corrected chi connectivity index (χ4v) is 2.94. The quantitative estimate of drug-likeness (QED) is 0.934. The summed E-state index contributed by atoms with van der Waals surface area (Å²) < 4.78 is 0. The summed E-state index contributed by atoms with van der Waals surface area (Å²) in [5.74, 6) is -1.46. The molecule has 2 heterocycles. The molecule has 1 aromatic heterocycles. The van der Waals surface area contributed by atoms with Gasteiger partial charge in [0.1, 0.15) is 5.92 Å². The number of hydrazone groups is 1. The molecule has 1 aliphatic heterocycles. The molecule has 2 aromatic rings. The van der Waals surface area contributed by atoms with Crippen molar-refractivity contribution in [3.8, 4) is 0 Å². The van der Waals surface area contributed by atoms with Crippen LogP contribution in [0.5, 0.6) is 0 Å². The molecule has 5 heteroatoms. The first-order chi connectivity index (χ1) is 9.27. The molecular weight excluding hydrogens is 260 g/mol. The third-order valence-electron chi connectivity index (χ3n) is 3.15. The Morgan fingerprint density at radius 2 is 2.05 bits per heavy atom. The van der Waals surface area contributed by atoms with Gasteiger partial charge in [0.15, 0.2) is 0 Å². The van der Waals surface area contributed by atoms with Gasteiger partial charge in [0.25, 0.3) is 0 Å². The predicted octanol–water partition coefficient (Wildman–Crippen LogP) is 3.00. The number of hydrogen-bond donors (Lipinski definition) is 1. The second kappa shape index (κ2) is 4.85. The first-order valence-electron chi connectivity index (χ1n) is 5.90. The standard InChI is InChI=1S/C14H12N2O2S/c17-14(18)12-8-15-16(11-4-2-1-3-5-11)13(12)10-6-7-19-9-10/h1-9,12-13H,(H,17,18). The minimum absolute atomic E-state index is 0.272. The third kappa shape index (κ3) is 2.13. The maximum Gasteiger partial charge on any atom is 0.314 e. The lowest BCUT2D eigenvalue weighted by Gasteiger charge is -2.25. The number of benzene rings is 1. The summed E-state index contributed by atoms with van der Waals surface area (Å²) in [5.41, 5.74) is 1.89. The summed E-state index contributed by atoms with van der Waals surface area (Å²) in [6.45, 7) is 0. The van der Waals surface area contributed by atoms with Crippen molar-refractivity contribution in [3.05, 3.63) is 52.7 Å². The van der Waals surface area contributed by atoms with E-state index in [1.165, 1.54) is 6.21 Å². The van der Waals surface area contributed by atoms with E-state index in [0.29, 0.717) is 0 Å². The lowest BCUT2D eigenvalue weighted by molar-refractivity contribution is -0.139. The molecule has 19 heavy (non-hydrogen) atoms. The van der Waals surface area contributed by atoms with Crippen LogP contribution in [0.25, 0.3) is 0 Å². The monoisotopic (exact) mass is 272 g/mol. The average molecular weight is 272 g/mol. The van der Waals surface area contributed by atoms with Crippen molar-refractivity contribution < 1.29 is 9.90 Å². The SMILES string of the molecule is O=C(O)C1C=NN(c2ccccc2)C1c1ccsc1. The molecule has 0 spiro atoms. The van der Waals surface area contributed by atoms with Gasteiger partial charge < -0.3 is 5.11 Å². The van der Waals surface area contributed by atoms with Crippen LogP contribution in [0.15, 0.2) is 52.3 Å². The highest BCUT2D eigenvalue weighted by Gasteiger charge is 2.38. The van der Waals surface area contributed by atoms with E-state index in [1.54, 1.807) is 16.3 Å². The fourth-order valence-electron chi connectivity index (χ4n) is 2.25. The molecule has 1 aliphatic rings. The van der Waals surface area contributed by atoms with E-state index in [9.17, 15) is 9.90 Å². The molecule has 0 fully saturated rings. The Hall–Kier alpha value is -2.14. The number of nitrogens with zero attached hydrogens (tertiary/aromatic N) is 2. The van der Waals surface area contributed by atoms with E-state index < -0.39 is 11.9 Å². The third-order valence-corrected chi connectivity index (χ3v) is 3.85. The highest BCUT2D eigenvalue weighted by molar-refractivity contribution is 7.08. The van der Waals surface area contributed by atoms with Gasteiger partial charge in [-0.1, -0.05) is 18.2 Å². The van der Waals surface area contributed by atoms with Crippen LogP contribution in [0.4, 0.5) is 5.69 Å².